The number of rotatable bonds is 8. The molecule has 0 bridgehead atoms. The number of carbonyl (C=O) groups is 2. The Hall–Kier alpha value is -3.22. The summed E-state index contributed by atoms with van der Waals surface area (Å²) in [5, 5.41) is 13.7. The van der Waals surface area contributed by atoms with E-state index in [1.54, 1.807) is 0 Å². The van der Waals surface area contributed by atoms with Crippen molar-refractivity contribution < 1.29 is 19.2 Å². The number of hydrogen-bond acceptors (Lipinski definition) is 5. The summed E-state index contributed by atoms with van der Waals surface area (Å²) in [6, 6.07) is 11.7. The van der Waals surface area contributed by atoms with Crippen LogP contribution >= 0.6 is 0 Å². The van der Waals surface area contributed by atoms with Crippen molar-refractivity contribution in [1.82, 2.24) is 5.32 Å². The number of aryl methyl sites for hydroxylation is 1. The maximum absolute atomic E-state index is 11.8. The van der Waals surface area contributed by atoms with E-state index in [1.807, 2.05) is 31.2 Å². The van der Waals surface area contributed by atoms with Crippen molar-refractivity contribution in [3.05, 3.63) is 69.3 Å². The molecule has 0 radical (unpaired) electrons. The van der Waals surface area contributed by atoms with E-state index in [2.05, 4.69) is 5.32 Å². The van der Waals surface area contributed by atoms with Gasteiger partial charge in [-0.05, 0) is 36.6 Å². The van der Waals surface area contributed by atoms with Gasteiger partial charge in [0.2, 0.25) is 0 Å². The Balaban J connectivity index is 1.87. The van der Waals surface area contributed by atoms with Crippen LogP contribution in [0.15, 0.2) is 42.5 Å². The van der Waals surface area contributed by atoms with Gasteiger partial charge >= 0.3 is 5.69 Å². The molecule has 0 unspecified atom stereocenters. The predicted octanol–water partition coefficient (Wildman–Crippen LogP) is 2.45. The predicted molar refractivity (Wildman–Crippen MR) is 91.9 cm³/mol. The van der Waals surface area contributed by atoms with Gasteiger partial charge in [-0.25, -0.2) is 0 Å². The van der Waals surface area contributed by atoms with E-state index in [9.17, 15) is 19.7 Å². The van der Waals surface area contributed by atoms with E-state index < -0.39 is 4.92 Å². The molecule has 0 aliphatic carbocycles. The van der Waals surface area contributed by atoms with Gasteiger partial charge in [-0.15, -0.1) is 0 Å². The maximum atomic E-state index is 11.8. The van der Waals surface area contributed by atoms with Crippen LogP contribution in [0, 0.1) is 17.0 Å². The summed E-state index contributed by atoms with van der Waals surface area (Å²) >= 11 is 0. The number of hydrogen-bond donors (Lipinski definition) is 1. The summed E-state index contributed by atoms with van der Waals surface area (Å²) in [7, 11) is 0. The van der Waals surface area contributed by atoms with Gasteiger partial charge in [0.15, 0.2) is 12.4 Å². The molecule has 130 valence electrons. The van der Waals surface area contributed by atoms with Crippen LogP contribution in [-0.2, 0) is 11.2 Å². The molecule has 2 aromatic rings. The van der Waals surface area contributed by atoms with E-state index in [4.69, 9.17) is 4.74 Å². The molecule has 25 heavy (non-hydrogen) atoms. The third kappa shape index (κ3) is 5.13. The van der Waals surface area contributed by atoms with Crippen molar-refractivity contribution in [2.75, 3.05) is 13.2 Å². The van der Waals surface area contributed by atoms with Crippen molar-refractivity contribution in [1.29, 1.82) is 0 Å². The lowest BCUT2D eigenvalue weighted by molar-refractivity contribution is -0.385. The van der Waals surface area contributed by atoms with Gasteiger partial charge in [0.1, 0.15) is 6.29 Å². The minimum Gasteiger partial charge on any atom is -0.477 e. The third-order valence-electron chi connectivity index (χ3n) is 3.65. The van der Waals surface area contributed by atoms with Crippen molar-refractivity contribution in [2.24, 2.45) is 0 Å². The van der Waals surface area contributed by atoms with Crippen molar-refractivity contribution >= 4 is 17.9 Å². The molecule has 2 aromatic carbocycles. The van der Waals surface area contributed by atoms with E-state index >= 15 is 0 Å². The van der Waals surface area contributed by atoms with Gasteiger partial charge in [-0.2, -0.15) is 0 Å². The molecule has 0 atom stereocenters. The highest BCUT2D eigenvalue weighted by molar-refractivity contribution is 5.79. The smallest absolute Gasteiger partial charge is 0.311 e. The third-order valence-corrected chi connectivity index (χ3v) is 3.65. The molecule has 0 aromatic heterocycles. The lowest BCUT2D eigenvalue weighted by atomic mass is 10.1. The van der Waals surface area contributed by atoms with Gasteiger partial charge in [0.05, 0.1) is 4.92 Å². The van der Waals surface area contributed by atoms with Crippen molar-refractivity contribution in [3.8, 4) is 5.75 Å². The fraction of sp³-hybridized carbons (Fsp3) is 0.222. The van der Waals surface area contributed by atoms with Crippen LogP contribution in [-0.4, -0.2) is 30.3 Å². The number of amides is 1. The molecular formula is C18H18N2O5. The SMILES string of the molecule is Cc1ccccc1CCNC(=O)COc1ccc(C=O)cc1[N+](=O)[O-]. The highest BCUT2D eigenvalue weighted by Gasteiger charge is 2.17. The molecule has 2 rings (SSSR count). The standard InChI is InChI=1S/C18H18N2O5/c1-13-4-2-3-5-15(13)8-9-19-18(22)12-25-17-7-6-14(11-21)10-16(17)20(23)24/h2-7,10-11H,8-9,12H2,1H3,(H,19,22). The number of nitrogens with one attached hydrogen (secondary N) is 1. The highest BCUT2D eigenvalue weighted by atomic mass is 16.6. The number of aldehydes is 1. The second-order valence-electron chi connectivity index (χ2n) is 5.42. The fourth-order valence-electron chi connectivity index (χ4n) is 2.29. The minimum absolute atomic E-state index is 0.0512. The molecule has 0 spiro atoms. The zero-order valence-electron chi connectivity index (χ0n) is 13.7. The van der Waals surface area contributed by atoms with Crippen LogP contribution in [0.4, 0.5) is 5.69 Å². The topological polar surface area (TPSA) is 98.5 Å². The summed E-state index contributed by atoms with van der Waals surface area (Å²) < 4.78 is 5.22. The fourth-order valence-corrected chi connectivity index (χ4v) is 2.29. The highest BCUT2D eigenvalue weighted by Crippen LogP contribution is 2.27. The molecule has 7 nitrogen and oxygen atoms in total. The average molecular weight is 342 g/mol. The van der Waals surface area contributed by atoms with Crippen LogP contribution in [0.1, 0.15) is 21.5 Å². The van der Waals surface area contributed by atoms with E-state index in [0.29, 0.717) is 19.3 Å². The van der Waals surface area contributed by atoms with Crippen LogP contribution in [0.2, 0.25) is 0 Å². The first kappa shape index (κ1) is 18.1. The van der Waals surface area contributed by atoms with Gasteiger partial charge in [-0.3, -0.25) is 19.7 Å². The number of nitro benzene ring substituents is 1. The monoisotopic (exact) mass is 342 g/mol. The Kier molecular flexibility index (Phi) is 6.22. The van der Waals surface area contributed by atoms with Crippen LogP contribution in [0.5, 0.6) is 5.75 Å². The molecule has 0 aliphatic heterocycles. The van der Waals surface area contributed by atoms with Gasteiger partial charge in [0, 0.05) is 18.2 Å². The molecule has 0 saturated carbocycles. The Morgan fingerprint density at radius 1 is 1.28 bits per heavy atom. The van der Waals surface area contributed by atoms with Gasteiger partial charge in [0.25, 0.3) is 5.91 Å². The molecule has 0 heterocycles. The number of ether oxygens (including phenoxy) is 1. The van der Waals surface area contributed by atoms with Crippen LogP contribution in [0.3, 0.4) is 0 Å². The largest absolute Gasteiger partial charge is 0.477 e. The quantitative estimate of drug-likeness (QED) is 0.451. The normalized spacial score (nSPS) is 10.1. The molecular weight excluding hydrogens is 324 g/mol. The first-order chi connectivity index (χ1) is 12.0. The summed E-state index contributed by atoms with van der Waals surface area (Å²) in [6.07, 6.45) is 1.20. The summed E-state index contributed by atoms with van der Waals surface area (Å²) in [5.41, 5.74) is 2.11. The first-order valence-corrected chi connectivity index (χ1v) is 7.69. The zero-order valence-corrected chi connectivity index (χ0v) is 13.7. The summed E-state index contributed by atoms with van der Waals surface area (Å²) in [4.78, 5) is 32.9. The summed E-state index contributed by atoms with van der Waals surface area (Å²) in [5.74, 6) is -0.424. The number of carbonyl (C=O) groups excluding carboxylic acids is 2. The molecule has 0 saturated heterocycles. The van der Waals surface area contributed by atoms with E-state index in [0.717, 1.165) is 17.2 Å². The lowest BCUT2D eigenvalue weighted by Gasteiger charge is -2.09. The Morgan fingerprint density at radius 2 is 2.04 bits per heavy atom. The lowest BCUT2D eigenvalue weighted by Crippen LogP contribution is -2.30. The Labute approximate surface area is 144 Å². The second-order valence-corrected chi connectivity index (χ2v) is 5.42. The second kappa shape index (κ2) is 8.58. The zero-order chi connectivity index (χ0) is 18.2. The molecule has 0 fully saturated rings. The molecule has 7 heteroatoms. The van der Waals surface area contributed by atoms with Gasteiger partial charge < -0.3 is 10.1 Å². The summed E-state index contributed by atoms with van der Waals surface area (Å²) in [6.45, 7) is 2.11. The van der Waals surface area contributed by atoms with Gasteiger partial charge in [-0.1, -0.05) is 24.3 Å². The molecule has 1 amide bonds. The van der Waals surface area contributed by atoms with E-state index in [-0.39, 0.29) is 29.5 Å². The van der Waals surface area contributed by atoms with Crippen LogP contribution in [0.25, 0.3) is 0 Å². The van der Waals surface area contributed by atoms with Crippen molar-refractivity contribution in [3.63, 3.8) is 0 Å². The minimum atomic E-state index is -0.654. The van der Waals surface area contributed by atoms with Crippen LogP contribution < -0.4 is 10.1 Å². The number of nitro groups is 1. The Morgan fingerprint density at radius 3 is 2.72 bits per heavy atom. The first-order valence-electron chi connectivity index (χ1n) is 7.69. The number of benzene rings is 2. The van der Waals surface area contributed by atoms with E-state index in [1.165, 1.54) is 12.1 Å². The molecule has 1 N–H and O–H groups in total. The maximum Gasteiger partial charge on any atom is 0.311 e. The number of nitrogens with zero attached hydrogens (tertiary/aromatic N) is 1. The van der Waals surface area contributed by atoms with Crippen molar-refractivity contribution in [2.45, 2.75) is 13.3 Å². The average Bonchev–Trinajstić information content (AvgIpc) is 2.61. The Bertz CT molecular complexity index is 789. The molecule has 0 aliphatic rings.